The van der Waals surface area contributed by atoms with E-state index in [0.29, 0.717) is 0 Å². The first-order valence-corrected chi connectivity index (χ1v) is 6.47. The maximum atomic E-state index is 12.8. The summed E-state index contributed by atoms with van der Waals surface area (Å²) in [5.41, 5.74) is 0. The molecule has 2 aromatic rings. The molecule has 0 aliphatic heterocycles. The third kappa shape index (κ3) is 3.18. The lowest BCUT2D eigenvalue weighted by molar-refractivity contribution is 0.579. The summed E-state index contributed by atoms with van der Waals surface area (Å²) in [6.45, 7) is 0. The molecule has 2 heterocycles. The molecule has 0 aromatic carbocycles. The highest BCUT2D eigenvalue weighted by Gasteiger charge is 2.01. The minimum absolute atomic E-state index is 0.522. The van der Waals surface area contributed by atoms with Crippen LogP contribution in [0.25, 0.3) is 0 Å². The molecule has 0 aliphatic rings. The summed E-state index contributed by atoms with van der Waals surface area (Å²) in [7, 11) is 2.68. The van der Waals surface area contributed by atoms with Gasteiger partial charge in [0.25, 0.3) is 0 Å². The lowest BCUT2D eigenvalue weighted by Gasteiger charge is -2.00. The molecule has 0 fully saturated rings. The summed E-state index contributed by atoms with van der Waals surface area (Å²) in [5, 5.41) is 0. The first-order chi connectivity index (χ1) is 7.74. The average Bonchev–Trinajstić information content (AvgIpc) is 2.27. The second-order valence-electron chi connectivity index (χ2n) is 2.80. The van der Waals surface area contributed by atoms with Crippen LogP contribution in [0.15, 0.2) is 46.5 Å². The molecule has 82 valence electrons. The van der Waals surface area contributed by atoms with Crippen molar-refractivity contribution < 1.29 is 8.78 Å². The number of rotatable bonds is 3. The van der Waals surface area contributed by atoms with Gasteiger partial charge in [0.15, 0.2) is 0 Å². The van der Waals surface area contributed by atoms with E-state index >= 15 is 0 Å². The van der Waals surface area contributed by atoms with Crippen LogP contribution in [0.2, 0.25) is 0 Å². The largest absolute Gasteiger partial charge is 0.228 e. The van der Waals surface area contributed by atoms with Crippen molar-refractivity contribution in [1.82, 2.24) is 9.97 Å². The Hall–Kier alpha value is -1.14. The van der Waals surface area contributed by atoms with E-state index in [1.54, 1.807) is 12.1 Å². The number of aromatic nitrogens is 2. The maximum Gasteiger partial charge on any atom is 0.213 e. The normalized spacial score (nSPS) is 10.4. The number of nitrogens with zero attached hydrogens (tertiary/aromatic N) is 2. The van der Waals surface area contributed by atoms with Crippen molar-refractivity contribution in [2.45, 2.75) is 9.79 Å². The van der Waals surface area contributed by atoms with Gasteiger partial charge in [0.05, 0.1) is 0 Å². The van der Waals surface area contributed by atoms with E-state index in [9.17, 15) is 8.78 Å². The van der Waals surface area contributed by atoms with E-state index in [4.69, 9.17) is 0 Å². The van der Waals surface area contributed by atoms with Crippen LogP contribution in [0.1, 0.15) is 0 Å². The van der Waals surface area contributed by atoms with E-state index in [1.807, 2.05) is 0 Å². The Morgan fingerprint density at radius 1 is 0.812 bits per heavy atom. The fraction of sp³-hybridized carbons (Fsp3) is 0. The van der Waals surface area contributed by atoms with Crippen LogP contribution >= 0.6 is 21.6 Å². The van der Waals surface area contributed by atoms with Crippen LogP contribution in [0.5, 0.6) is 0 Å². The Labute approximate surface area is 98.9 Å². The number of halogens is 2. The quantitative estimate of drug-likeness (QED) is 0.619. The van der Waals surface area contributed by atoms with Gasteiger partial charge in [-0.1, -0.05) is 21.6 Å². The Morgan fingerprint density at radius 2 is 1.25 bits per heavy atom. The smallest absolute Gasteiger partial charge is 0.213 e. The Morgan fingerprint density at radius 3 is 1.62 bits per heavy atom. The highest BCUT2D eigenvalue weighted by atomic mass is 33.1. The van der Waals surface area contributed by atoms with Gasteiger partial charge in [-0.05, 0) is 12.1 Å². The van der Waals surface area contributed by atoms with Crippen molar-refractivity contribution in [3.63, 3.8) is 0 Å². The van der Waals surface area contributed by atoms with Crippen molar-refractivity contribution in [3.8, 4) is 0 Å². The van der Waals surface area contributed by atoms with Crippen molar-refractivity contribution in [2.24, 2.45) is 0 Å². The van der Waals surface area contributed by atoms with Crippen molar-refractivity contribution >= 4 is 21.6 Å². The maximum absolute atomic E-state index is 12.8. The third-order valence-electron chi connectivity index (χ3n) is 1.63. The average molecular weight is 256 g/mol. The van der Waals surface area contributed by atoms with Crippen LogP contribution in [0.3, 0.4) is 0 Å². The predicted octanol–water partition coefficient (Wildman–Crippen LogP) is 3.55. The summed E-state index contributed by atoms with van der Waals surface area (Å²) in [5.74, 6) is -1.04. The standard InChI is InChI=1S/C10H6F2N2S2/c11-9-5-7(1-3-13-9)15-16-8-2-4-14-10(12)6-8/h1-6H. The number of pyridine rings is 2. The summed E-state index contributed by atoms with van der Waals surface area (Å²) in [6, 6.07) is 6.04. The molecule has 0 atom stereocenters. The number of hydrogen-bond acceptors (Lipinski definition) is 4. The van der Waals surface area contributed by atoms with E-state index in [-0.39, 0.29) is 0 Å². The monoisotopic (exact) mass is 256 g/mol. The summed E-state index contributed by atoms with van der Waals surface area (Å²) >= 11 is 0. The van der Waals surface area contributed by atoms with Gasteiger partial charge in [0.2, 0.25) is 11.9 Å². The topological polar surface area (TPSA) is 25.8 Å². The zero-order chi connectivity index (χ0) is 11.4. The summed E-state index contributed by atoms with van der Waals surface area (Å²) < 4.78 is 25.5. The van der Waals surface area contributed by atoms with Crippen LogP contribution in [0, 0.1) is 11.9 Å². The molecular weight excluding hydrogens is 250 g/mol. The first kappa shape index (κ1) is 11.3. The molecule has 2 rings (SSSR count). The molecule has 0 radical (unpaired) electrons. The molecule has 6 heteroatoms. The van der Waals surface area contributed by atoms with Gasteiger partial charge in [-0.15, -0.1) is 0 Å². The second kappa shape index (κ2) is 5.27. The molecule has 0 amide bonds. The van der Waals surface area contributed by atoms with Crippen molar-refractivity contribution in [1.29, 1.82) is 0 Å². The van der Waals surface area contributed by atoms with Gasteiger partial charge in [0.1, 0.15) is 0 Å². The van der Waals surface area contributed by atoms with Crippen molar-refractivity contribution in [3.05, 3.63) is 48.6 Å². The molecular formula is C10H6F2N2S2. The summed E-state index contributed by atoms with van der Waals surface area (Å²) in [6.07, 6.45) is 2.79. The van der Waals surface area contributed by atoms with Crippen molar-refractivity contribution in [2.75, 3.05) is 0 Å². The molecule has 0 unspecified atom stereocenters. The van der Waals surface area contributed by atoms with Gasteiger partial charge in [0, 0.05) is 34.3 Å². The van der Waals surface area contributed by atoms with E-state index in [1.165, 1.54) is 46.1 Å². The molecule has 2 nitrogen and oxygen atoms in total. The Bertz CT molecular complexity index is 448. The Balaban J connectivity index is 2.02. The molecule has 0 saturated heterocycles. The van der Waals surface area contributed by atoms with Gasteiger partial charge >= 0.3 is 0 Å². The molecule has 0 N–H and O–H groups in total. The number of hydrogen-bond donors (Lipinski definition) is 0. The van der Waals surface area contributed by atoms with E-state index < -0.39 is 11.9 Å². The fourth-order valence-corrected chi connectivity index (χ4v) is 2.88. The minimum Gasteiger partial charge on any atom is -0.228 e. The summed E-state index contributed by atoms with van der Waals surface area (Å²) in [4.78, 5) is 8.36. The van der Waals surface area contributed by atoms with E-state index in [2.05, 4.69) is 9.97 Å². The Kier molecular flexibility index (Phi) is 3.74. The highest BCUT2D eigenvalue weighted by molar-refractivity contribution is 8.76. The van der Waals surface area contributed by atoms with Crippen LogP contribution < -0.4 is 0 Å². The van der Waals surface area contributed by atoms with Gasteiger partial charge in [-0.2, -0.15) is 8.78 Å². The zero-order valence-electron chi connectivity index (χ0n) is 7.93. The van der Waals surface area contributed by atoms with Gasteiger partial charge in [-0.25, -0.2) is 9.97 Å². The molecule has 0 saturated carbocycles. The molecule has 0 bridgehead atoms. The van der Waals surface area contributed by atoms with Crippen LogP contribution in [-0.4, -0.2) is 9.97 Å². The molecule has 0 aliphatic carbocycles. The minimum atomic E-state index is -0.522. The fourth-order valence-electron chi connectivity index (χ4n) is 0.969. The zero-order valence-corrected chi connectivity index (χ0v) is 9.56. The lowest BCUT2D eigenvalue weighted by Crippen LogP contribution is -1.81. The third-order valence-corrected chi connectivity index (χ3v) is 4.01. The highest BCUT2D eigenvalue weighted by Crippen LogP contribution is 2.36. The molecule has 16 heavy (non-hydrogen) atoms. The SMILES string of the molecule is Fc1cc(SSc2ccnc(F)c2)ccn1. The molecule has 0 spiro atoms. The first-order valence-electron chi connectivity index (χ1n) is 4.32. The second-order valence-corrected chi connectivity index (χ2v) is 5.07. The van der Waals surface area contributed by atoms with Gasteiger partial charge < -0.3 is 0 Å². The predicted molar refractivity (Wildman–Crippen MR) is 60.1 cm³/mol. The lowest BCUT2D eigenvalue weighted by atomic mass is 10.5. The van der Waals surface area contributed by atoms with Gasteiger partial charge in [-0.3, -0.25) is 0 Å². The van der Waals surface area contributed by atoms with Crippen LogP contribution in [-0.2, 0) is 0 Å². The molecule has 2 aromatic heterocycles. The van der Waals surface area contributed by atoms with E-state index in [0.717, 1.165) is 9.79 Å². The van der Waals surface area contributed by atoms with Crippen LogP contribution in [0.4, 0.5) is 8.78 Å².